The second-order valence-corrected chi connectivity index (χ2v) is 7.59. The molecule has 0 amide bonds. The Bertz CT molecular complexity index is 1030. The van der Waals surface area contributed by atoms with Crippen LogP contribution in [0.2, 0.25) is 0 Å². The normalized spacial score (nSPS) is 17.2. The Balaban J connectivity index is 1.65. The number of aromatic nitrogens is 3. The molecular weight excluding hydrogens is 378 g/mol. The first-order chi connectivity index (χ1) is 14.0. The SMILES string of the molecule is CC(C)c1nn(C2CCCCO2)c2ncc(COc3c(F)ccc(N)c3F)cc12. The van der Waals surface area contributed by atoms with Crippen LogP contribution in [0, 0.1) is 11.6 Å². The summed E-state index contributed by atoms with van der Waals surface area (Å²) in [6.45, 7) is 4.80. The third kappa shape index (κ3) is 3.76. The highest BCUT2D eigenvalue weighted by Gasteiger charge is 2.23. The van der Waals surface area contributed by atoms with E-state index in [2.05, 4.69) is 18.8 Å². The van der Waals surface area contributed by atoms with Gasteiger partial charge in [-0.3, -0.25) is 0 Å². The number of ether oxygens (including phenoxy) is 2. The number of anilines is 1. The monoisotopic (exact) mass is 402 g/mol. The first kappa shape index (κ1) is 19.6. The van der Waals surface area contributed by atoms with Crippen molar-refractivity contribution in [1.29, 1.82) is 0 Å². The van der Waals surface area contributed by atoms with Gasteiger partial charge in [-0.15, -0.1) is 0 Å². The van der Waals surface area contributed by atoms with E-state index in [1.807, 2.05) is 10.7 Å². The molecule has 1 fully saturated rings. The zero-order chi connectivity index (χ0) is 20.5. The molecule has 154 valence electrons. The quantitative estimate of drug-likeness (QED) is 0.627. The molecule has 2 aromatic heterocycles. The number of halogens is 2. The van der Waals surface area contributed by atoms with E-state index in [-0.39, 0.29) is 24.4 Å². The Hall–Kier alpha value is -2.74. The standard InChI is InChI=1S/C21H24F2N4O2/c1-12(2)19-14-9-13(11-29-20-15(22)6-7-16(24)18(20)23)10-25-21(14)27(26-19)17-5-3-4-8-28-17/h6-7,9-10,12,17H,3-5,8,11,24H2,1-2H3. The maximum Gasteiger partial charge on any atom is 0.193 e. The van der Waals surface area contributed by atoms with Crippen molar-refractivity contribution in [2.45, 2.75) is 51.9 Å². The Morgan fingerprint density at radius 2 is 2.14 bits per heavy atom. The third-order valence-corrected chi connectivity index (χ3v) is 5.07. The summed E-state index contributed by atoms with van der Waals surface area (Å²) in [5, 5.41) is 5.66. The molecule has 3 heterocycles. The average Bonchev–Trinajstić information content (AvgIpc) is 3.11. The molecule has 1 aliphatic rings. The van der Waals surface area contributed by atoms with E-state index in [0.717, 1.165) is 42.1 Å². The predicted molar refractivity (Wildman–Crippen MR) is 106 cm³/mol. The number of nitrogens with zero attached hydrogens (tertiary/aromatic N) is 3. The van der Waals surface area contributed by atoms with E-state index >= 15 is 0 Å². The molecule has 4 rings (SSSR count). The van der Waals surface area contributed by atoms with Gasteiger partial charge in [-0.25, -0.2) is 18.4 Å². The lowest BCUT2D eigenvalue weighted by Crippen LogP contribution is -2.19. The molecule has 1 atom stereocenters. The van der Waals surface area contributed by atoms with Gasteiger partial charge in [-0.2, -0.15) is 5.10 Å². The summed E-state index contributed by atoms with van der Waals surface area (Å²) in [6, 6.07) is 4.16. The van der Waals surface area contributed by atoms with E-state index < -0.39 is 17.4 Å². The second kappa shape index (κ2) is 7.94. The van der Waals surface area contributed by atoms with Crippen LogP contribution in [-0.2, 0) is 11.3 Å². The number of hydrogen-bond donors (Lipinski definition) is 1. The Morgan fingerprint density at radius 1 is 1.31 bits per heavy atom. The molecular formula is C21H24F2N4O2. The molecule has 0 radical (unpaired) electrons. The van der Waals surface area contributed by atoms with Gasteiger partial charge in [0.05, 0.1) is 11.4 Å². The van der Waals surface area contributed by atoms with Gasteiger partial charge >= 0.3 is 0 Å². The van der Waals surface area contributed by atoms with Crippen LogP contribution in [0.15, 0.2) is 24.4 Å². The highest BCUT2D eigenvalue weighted by molar-refractivity contribution is 5.79. The molecule has 1 saturated heterocycles. The van der Waals surface area contributed by atoms with Crippen LogP contribution in [0.4, 0.5) is 14.5 Å². The van der Waals surface area contributed by atoms with Crippen molar-refractivity contribution in [3.63, 3.8) is 0 Å². The first-order valence-electron chi connectivity index (χ1n) is 9.80. The molecule has 1 aromatic carbocycles. The summed E-state index contributed by atoms with van der Waals surface area (Å²) in [7, 11) is 0. The summed E-state index contributed by atoms with van der Waals surface area (Å²) in [4.78, 5) is 4.56. The van der Waals surface area contributed by atoms with Crippen molar-refractivity contribution in [1.82, 2.24) is 14.8 Å². The van der Waals surface area contributed by atoms with Crippen molar-refractivity contribution in [2.75, 3.05) is 12.3 Å². The molecule has 1 unspecified atom stereocenters. The van der Waals surface area contributed by atoms with Crippen LogP contribution in [-0.4, -0.2) is 21.4 Å². The van der Waals surface area contributed by atoms with E-state index in [9.17, 15) is 8.78 Å². The topological polar surface area (TPSA) is 75.2 Å². The molecule has 3 aromatic rings. The number of hydrogen-bond acceptors (Lipinski definition) is 5. The first-order valence-corrected chi connectivity index (χ1v) is 9.80. The van der Waals surface area contributed by atoms with Crippen molar-refractivity contribution >= 4 is 16.7 Å². The Morgan fingerprint density at radius 3 is 2.86 bits per heavy atom. The van der Waals surface area contributed by atoms with Crippen molar-refractivity contribution < 1.29 is 18.3 Å². The zero-order valence-corrected chi connectivity index (χ0v) is 16.5. The van der Waals surface area contributed by atoms with Gasteiger partial charge in [-0.05, 0) is 43.4 Å². The third-order valence-electron chi connectivity index (χ3n) is 5.07. The molecule has 0 bridgehead atoms. The van der Waals surface area contributed by atoms with Crippen molar-refractivity contribution in [2.24, 2.45) is 0 Å². The summed E-state index contributed by atoms with van der Waals surface area (Å²) in [6.07, 6.45) is 4.55. The molecule has 0 spiro atoms. The van der Waals surface area contributed by atoms with Gasteiger partial charge in [0.1, 0.15) is 6.61 Å². The number of fused-ring (bicyclic) bond motifs is 1. The van der Waals surface area contributed by atoms with E-state index in [4.69, 9.17) is 20.3 Å². The summed E-state index contributed by atoms with van der Waals surface area (Å²) >= 11 is 0. The van der Waals surface area contributed by atoms with Gasteiger partial charge in [0.25, 0.3) is 0 Å². The number of benzene rings is 1. The second-order valence-electron chi connectivity index (χ2n) is 7.59. The molecule has 0 saturated carbocycles. The molecule has 6 nitrogen and oxygen atoms in total. The van der Waals surface area contributed by atoms with Crippen LogP contribution in [0.1, 0.15) is 56.5 Å². The largest absolute Gasteiger partial charge is 0.483 e. The number of rotatable bonds is 5. The zero-order valence-electron chi connectivity index (χ0n) is 16.5. The fraction of sp³-hybridized carbons (Fsp3) is 0.429. The van der Waals surface area contributed by atoms with E-state index in [0.29, 0.717) is 12.2 Å². The van der Waals surface area contributed by atoms with Crippen LogP contribution in [0.5, 0.6) is 5.75 Å². The van der Waals surface area contributed by atoms with Gasteiger partial charge in [-0.1, -0.05) is 13.8 Å². The Kier molecular flexibility index (Phi) is 5.36. The van der Waals surface area contributed by atoms with Gasteiger partial charge in [0, 0.05) is 23.8 Å². The predicted octanol–water partition coefficient (Wildman–Crippen LogP) is 4.69. The molecule has 8 heteroatoms. The van der Waals surface area contributed by atoms with Crippen molar-refractivity contribution in [3.8, 4) is 5.75 Å². The highest BCUT2D eigenvalue weighted by atomic mass is 19.1. The van der Waals surface area contributed by atoms with Crippen LogP contribution >= 0.6 is 0 Å². The lowest BCUT2D eigenvalue weighted by molar-refractivity contribution is -0.0372. The lowest BCUT2D eigenvalue weighted by Gasteiger charge is -2.23. The van der Waals surface area contributed by atoms with Crippen molar-refractivity contribution in [3.05, 3.63) is 47.3 Å². The summed E-state index contributed by atoms with van der Waals surface area (Å²) < 4.78 is 41.1. The highest BCUT2D eigenvalue weighted by Crippen LogP contribution is 2.31. The maximum atomic E-state index is 14.1. The smallest absolute Gasteiger partial charge is 0.193 e. The number of pyridine rings is 1. The minimum absolute atomic E-state index is 0.0388. The van der Waals surface area contributed by atoms with E-state index in [1.54, 1.807) is 6.20 Å². The average molecular weight is 402 g/mol. The summed E-state index contributed by atoms with van der Waals surface area (Å²) in [5.74, 6) is -2.00. The minimum Gasteiger partial charge on any atom is -0.483 e. The van der Waals surface area contributed by atoms with E-state index in [1.165, 1.54) is 6.07 Å². The molecule has 29 heavy (non-hydrogen) atoms. The maximum absolute atomic E-state index is 14.1. The number of nitrogen functional groups attached to an aromatic ring is 1. The molecule has 1 aliphatic heterocycles. The molecule has 2 N–H and O–H groups in total. The lowest BCUT2D eigenvalue weighted by atomic mass is 10.1. The van der Waals surface area contributed by atoms with Gasteiger partial charge in [0.15, 0.2) is 29.3 Å². The number of nitrogens with two attached hydrogens (primary N) is 1. The fourth-order valence-electron chi connectivity index (χ4n) is 3.55. The molecule has 0 aliphatic carbocycles. The van der Waals surface area contributed by atoms with Crippen LogP contribution in [0.25, 0.3) is 11.0 Å². The van der Waals surface area contributed by atoms with Gasteiger partial charge in [0.2, 0.25) is 0 Å². The van der Waals surface area contributed by atoms with Crippen LogP contribution < -0.4 is 10.5 Å². The van der Waals surface area contributed by atoms with Gasteiger partial charge < -0.3 is 15.2 Å². The van der Waals surface area contributed by atoms with Crippen LogP contribution in [0.3, 0.4) is 0 Å². The fourth-order valence-corrected chi connectivity index (χ4v) is 3.55. The summed E-state index contributed by atoms with van der Waals surface area (Å²) in [5.41, 5.74) is 7.68. The Labute approximate surface area is 167 Å². The minimum atomic E-state index is -0.899.